The van der Waals surface area contributed by atoms with E-state index in [0.29, 0.717) is 17.5 Å². The van der Waals surface area contributed by atoms with E-state index in [1.807, 2.05) is 0 Å². The number of anilines is 1. The third-order valence-corrected chi connectivity index (χ3v) is 1.94. The first-order valence-corrected chi connectivity index (χ1v) is 4.71. The minimum absolute atomic E-state index is 0.0395. The molecule has 2 aromatic heterocycles. The summed E-state index contributed by atoms with van der Waals surface area (Å²) in [5.74, 6) is 0.625. The van der Waals surface area contributed by atoms with Crippen LogP contribution < -0.4 is 5.73 Å². The molecule has 0 bridgehead atoms. The predicted molar refractivity (Wildman–Crippen MR) is 57.4 cm³/mol. The van der Waals surface area contributed by atoms with Gasteiger partial charge in [-0.05, 0) is 6.92 Å². The number of methoxy groups -OCH3 is 1. The average molecular weight is 234 g/mol. The van der Waals surface area contributed by atoms with Crippen molar-refractivity contribution < 1.29 is 9.53 Å². The highest BCUT2D eigenvalue weighted by molar-refractivity contribution is 5.84. The van der Waals surface area contributed by atoms with Gasteiger partial charge in [0.25, 0.3) is 5.82 Å². The van der Waals surface area contributed by atoms with Gasteiger partial charge in [-0.3, -0.25) is 0 Å². The summed E-state index contributed by atoms with van der Waals surface area (Å²) in [6, 6.07) is 1.53. The standard InChI is InChI=1S/C9H10N6O2/c1-5-12-6(10)3-7(13-5)15-4-11-8(14-15)9(16)17-2/h3-4H,1-2H3,(H2,10,12,13). The summed E-state index contributed by atoms with van der Waals surface area (Å²) in [6.45, 7) is 1.71. The molecule has 2 aromatic rings. The van der Waals surface area contributed by atoms with Crippen molar-refractivity contribution >= 4 is 11.8 Å². The number of hydrogen-bond donors (Lipinski definition) is 1. The van der Waals surface area contributed by atoms with Gasteiger partial charge in [-0.15, -0.1) is 5.10 Å². The summed E-state index contributed by atoms with van der Waals surface area (Å²) >= 11 is 0. The molecule has 0 saturated carbocycles. The number of carbonyl (C=O) groups excluding carboxylic acids is 1. The molecule has 0 aliphatic rings. The molecule has 2 N–H and O–H groups in total. The van der Waals surface area contributed by atoms with Gasteiger partial charge < -0.3 is 10.5 Å². The first-order chi connectivity index (χ1) is 8.10. The quantitative estimate of drug-likeness (QED) is 0.712. The van der Waals surface area contributed by atoms with Crippen molar-refractivity contribution in [2.24, 2.45) is 0 Å². The zero-order chi connectivity index (χ0) is 12.4. The van der Waals surface area contributed by atoms with Crippen LogP contribution in [-0.2, 0) is 4.74 Å². The number of nitrogen functional groups attached to an aromatic ring is 1. The minimum Gasteiger partial charge on any atom is -0.463 e. The first kappa shape index (κ1) is 11.0. The van der Waals surface area contributed by atoms with E-state index in [-0.39, 0.29) is 5.82 Å². The Morgan fingerprint density at radius 2 is 2.24 bits per heavy atom. The maximum absolute atomic E-state index is 11.2. The molecule has 0 fully saturated rings. The fourth-order valence-corrected chi connectivity index (χ4v) is 1.25. The zero-order valence-corrected chi connectivity index (χ0v) is 9.28. The zero-order valence-electron chi connectivity index (χ0n) is 9.28. The summed E-state index contributed by atoms with van der Waals surface area (Å²) in [4.78, 5) is 23.0. The number of esters is 1. The lowest BCUT2D eigenvalue weighted by Crippen LogP contribution is -2.07. The fraction of sp³-hybridized carbons (Fsp3) is 0.222. The van der Waals surface area contributed by atoms with Crippen LogP contribution in [0, 0.1) is 6.92 Å². The van der Waals surface area contributed by atoms with Crippen LogP contribution in [0.1, 0.15) is 16.4 Å². The first-order valence-electron chi connectivity index (χ1n) is 4.71. The maximum atomic E-state index is 11.2. The number of nitrogens with zero attached hydrogens (tertiary/aromatic N) is 5. The average Bonchev–Trinajstić information content (AvgIpc) is 2.76. The molecule has 0 amide bonds. The summed E-state index contributed by atoms with van der Waals surface area (Å²) in [5, 5.41) is 3.92. The molecule has 0 radical (unpaired) electrons. The van der Waals surface area contributed by atoms with Gasteiger partial charge in [-0.1, -0.05) is 0 Å². The molecule has 2 rings (SSSR count). The van der Waals surface area contributed by atoms with Gasteiger partial charge in [0.1, 0.15) is 18.0 Å². The van der Waals surface area contributed by atoms with Crippen LogP contribution in [0.2, 0.25) is 0 Å². The van der Waals surface area contributed by atoms with Crippen molar-refractivity contribution in [1.82, 2.24) is 24.7 Å². The van der Waals surface area contributed by atoms with Crippen LogP contribution in [0.5, 0.6) is 0 Å². The molecule has 8 heteroatoms. The molecule has 0 unspecified atom stereocenters. The molecule has 0 atom stereocenters. The number of ether oxygens (including phenoxy) is 1. The smallest absolute Gasteiger partial charge is 0.377 e. The van der Waals surface area contributed by atoms with Gasteiger partial charge in [-0.2, -0.15) is 0 Å². The number of rotatable bonds is 2. The molecule has 2 heterocycles. The summed E-state index contributed by atoms with van der Waals surface area (Å²) < 4.78 is 5.83. The van der Waals surface area contributed by atoms with Crippen molar-refractivity contribution in [2.45, 2.75) is 6.92 Å². The highest BCUT2D eigenvalue weighted by Crippen LogP contribution is 2.07. The van der Waals surface area contributed by atoms with Crippen LogP contribution in [-0.4, -0.2) is 37.8 Å². The van der Waals surface area contributed by atoms with E-state index in [1.54, 1.807) is 6.92 Å². The normalized spacial score (nSPS) is 10.2. The molecule has 0 aliphatic carbocycles. The largest absolute Gasteiger partial charge is 0.463 e. The molecule has 8 nitrogen and oxygen atoms in total. The van der Waals surface area contributed by atoms with E-state index in [1.165, 1.54) is 24.2 Å². The Morgan fingerprint density at radius 1 is 1.47 bits per heavy atom. The Balaban J connectivity index is 2.40. The highest BCUT2D eigenvalue weighted by atomic mass is 16.5. The summed E-state index contributed by atoms with van der Waals surface area (Å²) in [6.07, 6.45) is 1.35. The van der Waals surface area contributed by atoms with Gasteiger partial charge in [0.05, 0.1) is 7.11 Å². The van der Waals surface area contributed by atoms with Gasteiger partial charge in [0, 0.05) is 6.07 Å². The van der Waals surface area contributed by atoms with Crippen molar-refractivity contribution in [3.8, 4) is 5.82 Å². The maximum Gasteiger partial charge on any atom is 0.377 e. The van der Waals surface area contributed by atoms with Gasteiger partial charge in [0.15, 0.2) is 5.82 Å². The molecule has 88 valence electrons. The van der Waals surface area contributed by atoms with E-state index in [4.69, 9.17) is 5.73 Å². The van der Waals surface area contributed by atoms with Gasteiger partial charge in [0.2, 0.25) is 0 Å². The van der Waals surface area contributed by atoms with Crippen molar-refractivity contribution in [3.63, 3.8) is 0 Å². The molecule has 0 aliphatic heterocycles. The van der Waals surface area contributed by atoms with E-state index >= 15 is 0 Å². The van der Waals surface area contributed by atoms with E-state index < -0.39 is 5.97 Å². The number of hydrogen-bond acceptors (Lipinski definition) is 7. The van der Waals surface area contributed by atoms with Gasteiger partial charge >= 0.3 is 5.97 Å². The number of nitrogens with two attached hydrogens (primary N) is 1. The molecule has 0 spiro atoms. The molecular weight excluding hydrogens is 224 g/mol. The Kier molecular flexibility index (Phi) is 2.69. The number of aromatic nitrogens is 5. The van der Waals surface area contributed by atoms with Crippen molar-refractivity contribution in [1.29, 1.82) is 0 Å². The third-order valence-electron chi connectivity index (χ3n) is 1.94. The van der Waals surface area contributed by atoms with E-state index in [9.17, 15) is 4.79 Å². The van der Waals surface area contributed by atoms with Crippen LogP contribution in [0.3, 0.4) is 0 Å². The van der Waals surface area contributed by atoms with Crippen molar-refractivity contribution in [2.75, 3.05) is 12.8 Å². The topological polar surface area (TPSA) is 109 Å². The lowest BCUT2D eigenvalue weighted by Gasteiger charge is -2.01. The fourth-order valence-electron chi connectivity index (χ4n) is 1.25. The second-order valence-electron chi connectivity index (χ2n) is 3.20. The second kappa shape index (κ2) is 4.16. The Hall–Kier alpha value is -2.51. The van der Waals surface area contributed by atoms with Crippen LogP contribution >= 0.6 is 0 Å². The lowest BCUT2D eigenvalue weighted by molar-refractivity contribution is 0.0587. The van der Waals surface area contributed by atoms with Crippen LogP contribution in [0.25, 0.3) is 5.82 Å². The van der Waals surface area contributed by atoms with Gasteiger partial charge in [-0.25, -0.2) is 24.4 Å². The third kappa shape index (κ3) is 2.19. The predicted octanol–water partition coefficient (Wildman–Crippen LogP) is -0.265. The molecule has 17 heavy (non-hydrogen) atoms. The second-order valence-corrected chi connectivity index (χ2v) is 3.20. The lowest BCUT2D eigenvalue weighted by atomic mass is 10.5. The minimum atomic E-state index is -0.609. The Bertz CT molecular complexity index is 544. The Morgan fingerprint density at radius 3 is 2.88 bits per heavy atom. The SMILES string of the molecule is COC(=O)c1ncn(-c2cc(N)nc(C)n2)n1. The van der Waals surface area contributed by atoms with Crippen LogP contribution in [0.15, 0.2) is 12.4 Å². The molecule has 0 saturated heterocycles. The highest BCUT2D eigenvalue weighted by Gasteiger charge is 2.12. The van der Waals surface area contributed by atoms with Crippen molar-refractivity contribution in [3.05, 3.63) is 24.0 Å². The summed E-state index contributed by atoms with van der Waals surface area (Å²) in [7, 11) is 1.26. The number of aryl methyl sites for hydroxylation is 1. The Labute approximate surface area is 96.5 Å². The van der Waals surface area contributed by atoms with Crippen LogP contribution in [0.4, 0.5) is 5.82 Å². The monoisotopic (exact) mass is 234 g/mol. The molecular formula is C9H10N6O2. The summed E-state index contributed by atoms with van der Waals surface area (Å²) in [5.41, 5.74) is 5.59. The number of carbonyl (C=O) groups is 1. The molecule has 0 aromatic carbocycles. The van der Waals surface area contributed by atoms with E-state index in [0.717, 1.165) is 0 Å². The van der Waals surface area contributed by atoms with E-state index in [2.05, 4.69) is 24.8 Å².